The van der Waals surface area contributed by atoms with E-state index in [1.54, 1.807) is 21.1 Å². The van der Waals surface area contributed by atoms with Crippen LogP contribution in [0.4, 0.5) is 11.5 Å². The van der Waals surface area contributed by atoms with E-state index in [9.17, 15) is 14.4 Å². The molecule has 2 fully saturated rings. The molecule has 262 valence electrons. The lowest BCUT2D eigenvalue weighted by Gasteiger charge is -2.28. The molecule has 13 heteroatoms. The minimum atomic E-state index is -0.476. The normalized spacial score (nSPS) is 20.0. The molecule has 5 heterocycles. The van der Waals surface area contributed by atoms with Gasteiger partial charge < -0.3 is 15.4 Å². The van der Waals surface area contributed by atoms with Crippen LogP contribution in [0.15, 0.2) is 52.1 Å². The Balaban J connectivity index is 1.14. The molecular weight excluding hydrogens is 668 g/mol. The fourth-order valence-corrected chi connectivity index (χ4v) is 8.60. The molecule has 1 aliphatic carbocycles. The number of pyridine rings is 1. The molecule has 0 radical (unpaired) electrons. The highest BCUT2D eigenvalue weighted by Crippen LogP contribution is 2.47. The first-order valence-electron chi connectivity index (χ1n) is 17.2. The summed E-state index contributed by atoms with van der Waals surface area (Å²) < 4.78 is 8.36. The average Bonchev–Trinajstić information content (AvgIpc) is 3.84. The first-order chi connectivity index (χ1) is 24.5. The van der Waals surface area contributed by atoms with E-state index in [0.29, 0.717) is 29.0 Å². The maximum atomic E-state index is 13.3. The van der Waals surface area contributed by atoms with Crippen molar-refractivity contribution in [2.45, 2.75) is 57.5 Å². The van der Waals surface area contributed by atoms with Crippen LogP contribution >= 0.6 is 11.6 Å². The highest BCUT2D eigenvalue weighted by Gasteiger charge is 2.46. The van der Waals surface area contributed by atoms with Crippen LogP contribution in [0.2, 0.25) is 5.02 Å². The van der Waals surface area contributed by atoms with E-state index in [4.69, 9.17) is 21.3 Å². The minimum absolute atomic E-state index is 0.113. The molecule has 1 spiro atoms. The fraction of sp³-hybridized carbons (Fsp3) is 0.368. The van der Waals surface area contributed by atoms with Crippen molar-refractivity contribution >= 4 is 40.0 Å². The number of likely N-dealkylation sites (tertiary alicyclic amines) is 1. The predicted molar refractivity (Wildman–Crippen MR) is 197 cm³/mol. The van der Waals surface area contributed by atoms with Gasteiger partial charge in [-0.1, -0.05) is 41.9 Å². The zero-order valence-electron chi connectivity index (χ0n) is 29.3. The van der Waals surface area contributed by atoms with Gasteiger partial charge in [0.05, 0.1) is 23.4 Å². The molecule has 8 rings (SSSR count). The first-order valence-corrected chi connectivity index (χ1v) is 17.6. The van der Waals surface area contributed by atoms with Crippen LogP contribution < -0.4 is 26.6 Å². The quantitative estimate of drug-likeness (QED) is 0.247. The summed E-state index contributed by atoms with van der Waals surface area (Å²) in [6.45, 7) is 5.49. The molecule has 1 amide bonds. The van der Waals surface area contributed by atoms with Crippen LogP contribution in [0.3, 0.4) is 0 Å². The van der Waals surface area contributed by atoms with Gasteiger partial charge >= 0.3 is 5.69 Å². The molecular formula is C38H39ClN8O4. The molecule has 2 N–H and O–H groups in total. The zero-order chi connectivity index (χ0) is 35.8. The number of amides is 1. The number of aryl methyl sites for hydroxylation is 3. The highest BCUT2D eigenvalue weighted by atomic mass is 35.5. The van der Waals surface area contributed by atoms with E-state index < -0.39 is 11.2 Å². The smallest absolute Gasteiger partial charge is 0.332 e. The molecule has 2 aromatic carbocycles. The van der Waals surface area contributed by atoms with E-state index in [1.165, 1.54) is 17.2 Å². The van der Waals surface area contributed by atoms with Gasteiger partial charge in [-0.15, -0.1) is 0 Å². The molecule has 0 bridgehead atoms. The number of anilines is 2. The van der Waals surface area contributed by atoms with Crippen LogP contribution in [0.1, 0.15) is 54.2 Å². The maximum Gasteiger partial charge on any atom is 0.332 e. The molecule has 51 heavy (non-hydrogen) atoms. The Morgan fingerprint density at radius 1 is 0.961 bits per heavy atom. The molecule has 0 saturated carbocycles. The summed E-state index contributed by atoms with van der Waals surface area (Å²) in [5.74, 6) is 1.51. The van der Waals surface area contributed by atoms with Gasteiger partial charge in [0.25, 0.3) is 5.56 Å². The van der Waals surface area contributed by atoms with Crippen molar-refractivity contribution in [2.75, 3.05) is 25.5 Å². The van der Waals surface area contributed by atoms with E-state index in [-0.39, 0.29) is 28.5 Å². The standard InChI is InChI=1S/C38H39ClN8O4/c1-20-23(8-7-11-26(20)42-33-31-34(41-21(2)40-33)45(3)37(50)46(4)36(31)49)24-9-6-10-25(32(24)39)27-18-22-12-13-28(30(22)35(43-27)51-5)47-17-16-38(19-47)15-14-29(48)44-38/h6-11,18,28H,12-17,19H2,1-5H3,(H,44,48)(H,40,41,42)/t28-,38-/m1/s1. The van der Waals surface area contributed by atoms with Crippen LogP contribution in [0.25, 0.3) is 33.4 Å². The van der Waals surface area contributed by atoms with Crippen molar-refractivity contribution in [1.29, 1.82) is 0 Å². The summed E-state index contributed by atoms with van der Waals surface area (Å²) in [6.07, 6.45) is 4.33. The highest BCUT2D eigenvalue weighted by molar-refractivity contribution is 6.36. The van der Waals surface area contributed by atoms with E-state index in [1.807, 2.05) is 43.3 Å². The van der Waals surface area contributed by atoms with Gasteiger partial charge in [0.15, 0.2) is 5.65 Å². The Kier molecular flexibility index (Phi) is 7.99. The molecule has 2 saturated heterocycles. The summed E-state index contributed by atoms with van der Waals surface area (Å²) in [7, 11) is 4.70. The van der Waals surface area contributed by atoms with Crippen molar-refractivity contribution in [3.05, 3.63) is 90.8 Å². The number of benzene rings is 2. The number of carbonyl (C=O) groups is 1. The Morgan fingerprint density at radius 2 is 1.73 bits per heavy atom. The average molecular weight is 707 g/mol. The zero-order valence-corrected chi connectivity index (χ0v) is 30.0. The summed E-state index contributed by atoms with van der Waals surface area (Å²) >= 11 is 7.25. The number of ether oxygens (including phenoxy) is 1. The Bertz CT molecular complexity index is 2410. The monoisotopic (exact) mass is 706 g/mol. The topological polar surface area (TPSA) is 136 Å². The number of rotatable bonds is 6. The molecule has 3 aromatic heterocycles. The number of carbonyl (C=O) groups excluding carboxylic acids is 1. The van der Waals surface area contributed by atoms with Crippen LogP contribution in [0, 0.1) is 13.8 Å². The van der Waals surface area contributed by atoms with Crippen LogP contribution in [-0.2, 0) is 25.3 Å². The third-order valence-electron chi connectivity index (χ3n) is 10.9. The molecule has 2 atom stereocenters. The van der Waals surface area contributed by atoms with Crippen molar-refractivity contribution < 1.29 is 9.53 Å². The van der Waals surface area contributed by atoms with Crippen molar-refractivity contribution in [1.82, 2.24) is 34.3 Å². The minimum Gasteiger partial charge on any atom is -0.481 e. The number of aromatic nitrogens is 5. The van der Waals surface area contributed by atoms with Gasteiger partial charge in [-0.3, -0.25) is 23.6 Å². The van der Waals surface area contributed by atoms with Gasteiger partial charge in [-0.25, -0.2) is 19.7 Å². The second-order valence-electron chi connectivity index (χ2n) is 14.0. The maximum absolute atomic E-state index is 13.3. The van der Waals surface area contributed by atoms with E-state index in [2.05, 4.69) is 31.6 Å². The summed E-state index contributed by atoms with van der Waals surface area (Å²) in [5, 5.41) is 7.40. The van der Waals surface area contributed by atoms with Gasteiger partial charge in [0.2, 0.25) is 11.8 Å². The number of hydrogen-bond donors (Lipinski definition) is 2. The molecule has 3 aliphatic rings. The lowest BCUT2D eigenvalue weighted by atomic mass is 9.96. The number of hydrogen-bond acceptors (Lipinski definition) is 9. The van der Waals surface area contributed by atoms with Crippen molar-refractivity contribution in [3.8, 4) is 28.3 Å². The summed E-state index contributed by atoms with van der Waals surface area (Å²) in [4.78, 5) is 54.4. The SMILES string of the molecule is COc1nc(-c2cccc(-c3cccc(Nc4nc(C)nc5c4c(=O)n(C)c(=O)n5C)c3C)c2Cl)cc2c1[C@H](N1CC[C@]3(CCC(=O)N3)C1)CC2. The molecule has 12 nitrogen and oxygen atoms in total. The second kappa shape index (κ2) is 12.3. The van der Waals surface area contributed by atoms with Gasteiger partial charge in [0, 0.05) is 62.0 Å². The number of methoxy groups -OCH3 is 1. The molecule has 5 aromatic rings. The third kappa shape index (κ3) is 5.39. The molecule has 0 unspecified atom stereocenters. The van der Waals surface area contributed by atoms with Crippen LogP contribution in [-0.4, -0.2) is 60.6 Å². The second-order valence-corrected chi connectivity index (χ2v) is 14.4. The number of halogens is 1. The number of nitrogens with one attached hydrogen (secondary N) is 2. The Hall–Kier alpha value is -5.07. The number of nitrogens with zero attached hydrogens (tertiary/aromatic N) is 6. The lowest BCUT2D eigenvalue weighted by Crippen LogP contribution is -2.44. The van der Waals surface area contributed by atoms with Gasteiger partial charge in [-0.2, -0.15) is 0 Å². The summed E-state index contributed by atoms with van der Waals surface area (Å²) in [5.41, 5.74) is 6.45. The van der Waals surface area contributed by atoms with E-state index in [0.717, 1.165) is 82.5 Å². The largest absolute Gasteiger partial charge is 0.481 e. The number of fused-ring (bicyclic) bond motifs is 2. The van der Waals surface area contributed by atoms with Crippen molar-refractivity contribution in [3.63, 3.8) is 0 Å². The Morgan fingerprint density at radius 3 is 2.49 bits per heavy atom. The fourth-order valence-electron chi connectivity index (χ4n) is 8.28. The lowest BCUT2D eigenvalue weighted by molar-refractivity contribution is -0.119. The first kappa shape index (κ1) is 33.1. The van der Waals surface area contributed by atoms with Crippen molar-refractivity contribution in [2.24, 2.45) is 14.1 Å². The summed E-state index contributed by atoms with van der Waals surface area (Å²) in [6, 6.07) is 14.1. The predicted octanol–water partition coefficient (Wildman–Crippen LogP) is 5.12. The van der Waals surface area contributed by atoms with Crippen LogP contribution in [0.5, 0.6) is 5.88 Å². The molecule has 2 aliphatic heterocycles. The van der Waals surface area contributed by atoms with Gasteiger partial charge in [0.1, 0.15) is 17.0 Å². The van der Waals surface area contributed by atoms with E-state index >= 15 is 0 Å². The third-order valence-corrected chi connectivity index (χ3v) is 11.4. The Labute approximate surface area is 299 Å². The van der Waals surface area contributed by atoms with Gasteiger partial charge in [-0.05, 0) is 68.4 Å².